The summed E-state index contributed by atoms with van der Waals surface area (Å²) in [5.41, 5.74) is -0.225. The number of aromatic nitrogens is 3. The van der Waals surface area contributed by atoms with Gasteiger partial charge in [0, 0.05) is 50.1 Å². The first kappa shape index (κ1) is 24.6. The van der Waals surface area contributed by atoms with Crippen LogP contribution in [0.4, 0.5) is 29.5 Å². The molecule has 0 aliphatic carbocycles. The maximum atomic E-state index is 12.7. The lowest BCUT2D eigenvalue weighted by atomic mass is 9.88. The second kappa shape index (κ2) is 9.25. The van der Waals surface area contributed by atoms with Crippen LogP contribution in [-0.2, 0) is 11.0 Å². The number of imidazole rings is 1. The summed E-state index contributed by atoms with van der Waals surface area (Å²) in [6.07, 6.45) is 4.05. The summed E-state index contributed by atoms with van der Waals surface area (Å²) in [6.45, 7) is 1.53. The molecule has 2 saturated heterocycles. The maximum Gasteiger partial charge on any atom is 0.416 e. The number of anilines is 2. The number of nitrogens with one attached hydrogen (secondary N) is 2. The SMILES string of the molecule is Cl.O=C(CN1CC2(CCN(c3nccn4ccnc34)CC2)NC1=O)Nc1ccc(C(F)(F)F)cc1. The Hall–Kier alpha value is -3.54. The number of carbonyl (C=O) groups is 2. The smallest absolute Gasteiger partial charge is 0.353 e. The molecule has 2 aliphatic rings. The van der Waals surface area contributed by atoms with Gasteiger partial charge in [0.05, 0.1) is 11.1 Å². The van der Waals surface area contributed by atoms with Crippen LogP contribution >= 0.6 is 12.4 Å². The third kappa shape index (κ3) is 4.97. The zero-order valence-corrected chi connectivity index (χ0v) is 19.3. The van der Waals surface area contributed by atoms with E-state index in [9.17, 15) is 22.8 Å². The lowest BCUT2D eigenvalue weighted by Crippen LogP contribution is -2.52. The highest BCUT2D eigenvalue weighted by molar-refractivity contribution is 5.95. The van der Waals surface area contributed by atoms with Crippen LogP contribution in [0.3, 0.4) is 0 Å². The molecular formula is C22H23ClF3N7O2. The van der Waals surface area contributed by atoms with Gasteiger partial charge in [-0.25, -0.2) is 14.8 Å². The van der Waals surface area contributed by atoms with Crippen LogP contribution in [0.5, 0.6) is 0 Å². The van der Waals surface area contributed by atoms with E-state index >= 15 is 0 Å². The number of nitrogens with zero attached hydrogens (tertiary/aromatic N) is 5. The highest BCUT2D eigenvalue weighted by atomic mass is 35.5. The fourth-order valence-electron chi connectivity index (χ4n) is 4.52. The lowest BCUT2D eigenvalue weighted by Gasteiger charge is -2.39. The number of alkyl halides is 3. The molecule has 4 heterocycles. The van der Waals surface area contributed by atoms with E-state index in [0.29, 0.717) is 32.5 Å². The minimum atomic E-state index is -4.44. The van der Waals surface area contributed by atoms with Crippen molar-refractivity contribution in [1.29, 1.82) is 0 Å². The summed E-state index contributed by atoms with van der Waals surface area (Å²) in [7, 11) is 0. The first-order valence-electron chi connectivity index (χ1n) is 10.8. The number of hydrogen-bond donors (Lipinski definition) is 2. The summed E-state index contributed by atoms with van der Waals surface area (Å²) in [6, 6.07) is 3.86. The first-order valence-corrected chi connectivity index (χ1v) is 10.8. The zero-order chi connectivity index (χ0) is 23.9. The number of urea groups is 1. The molecule has 3 aromatic rings. The van der Waals surface area contributed by atoms with Crippen LogP contribution in [0.1, 0.15) is 18.4 Å². The average molecular weight is 510 g/mol. The largest absolute Gasteiger partial charge is 0.416 e. The van der Waals surface area contributed by atoms with Crippen molar-refractivity contribution < 1.29 is 22.8 Å². The van der Waals surface area contributed by atoms with E-state index < -0.39 is 23.2 Å². The molecule has 186 valence electrons. The van der Waals surface area contributed by atoms with Crippen LogP contribution in [0.15, 0.2) is 49.1 Å². The van der Waals surface area contributed by atoms with Crippen LogP contribution in [0, 0.1) is 0 Å². The molecule has 3 amide bonds. The van der Waals surface area contributed by atoms with E-state index in [4.69, 9.17) is 0 Å². The molecule has 35 heavy (non-hydrogen) atoms. The van der Waals surface area contributed by atoms with Gasteiger partial charge in [-0.1, -0.05) is 0 Å². The normalized spacial score (nSPS) is 17.4. The van der Waals surface area contributed by atoms with Crippen LogP contribution in [-0.4, -0.2) is 62.9 Å². The number of carbonyl (C=O) groups excluding carboxylic acids is 2. The molecule has 0 atom stereocenters. The van der Waals surface area contributed by atoms with E-state index in [1.165, 1.54) is 17.0 Å². The zero-order valence-electron chi connectivity index (χ0n) is 18.5. The predicted octanol–water partition coefficient (Wildman–Crippen LogP) is 3.17. The number of hydrogen-bond acceptors (Lipinski definition) is 5. The molecule has 1 spiro atoms. The molecule has 0 radical (unpaired) electrons. The average Bonchev–Trinajstić information content (AvgIpc) is 3.39. The van der Waals surface area contributed by atoms with Gasteiger partial charge in [0.15, 0.2) is 11.5 Å². The van der Waals surface area contributed by atoms with Crippen LogP contribution < -0.4 is 15.5 Å². The quantitative estimate of drug-likeness (QED) is 0.563. The van der Waals surface area contributed by atoms with Gasteiger partial charge in [-0.2, -0.15) is 13.2 Å². The summed E-state index contributed by atoms with van der Waals surface area (Å²) in [5.74, 6) is 0.319. The van der Waals surface area contributed by atoms with Gasteiger partial charge in [-0.05, 0) is 37.1 Å². The number of fused-ring (bicyclic) bond motifs is 1. The van der Waals surface area contributed by atoms with Crippen molar-refractivity contribution in [1.82, 2.24) is 24.6 Å². The van der Waals surface area contributed by atoms with Crippen molar-refractivity contribution in [3.05, 3.63) is 54.6 Å². The van der Waals surface area contributed by atoms with Gasteiger partial charge in [0.25, 0.3) is 0 Å². The molecule has 2 fully saturated rings. The molecule has 2 aromatic heterocycles. The van der Waals surface area contributed by atoms with Gasteiger partial charge in [0.2, 0.25) is 5.91 Å². The summed E-state index contributed by atoms with van der Waals surface area (Å²) < 4.78 is 40.0. The van der Waals surface area contributed by atoms with Crippen molar-refractivity contribution in [3.8, 4) is 0 Å². The number of halogens is 4. The molecule has 1 aromatic carbocycles. The number of rotatable bonds is 4. The van der Waals surface area contributed by atoms with E-state index in [1.807, 2.05) is 16.8 Å². The Morgan fingerprint density at radius 2 is 1.74 bits per heavy atom. The van der Waals surface area contributed by atoms with E-state index in [2.05, 4.69) is 25.5 Å². The predicted molar refractivity (Wildman–Crippen MR) is 125 cm³/mol. The number of piperidine rings is 1. The highest BCUT2D eigenvalue weighted by Gasteiger charge is 2.45. The Kier molecular flexibility index (Phi) is 6.50. The van der Waals surface area contributed by atoms with Crippen molar-refractivity contribution in [2.75, 3.05) is 36.4 Å². The molecule has 0 unspecified atom stereocenters. The standard InChI is InChI=1S/C22H22F3N7O2.ClH/c23-22(24,25)15-1-3-16(4-2-15)28-17(33)13-32-14-21(29-20(32)34)5-9-30(10-6-21)18-19-27-8-12-31(19)11-7-26-18;/h1-4,7-8,11-12H,5-6,9-10,13-14H2,(H,28,33)(H,29,34);1H. The van der Waals surface area contributed by atoms with Crippen molar-refractivity contribution in [3.63, 3.8) is 0 Å². The topological polar surface area (TPSA) is 94.9 Å². The Balaban J connectivity index is 0.00000289. The van der Waals surface area contributed by atoms with Crippen molar-refractivity contribution in [2.24, 2.45) is 0 Å². The van der Waals surface area contributed by atoms with Gasteiger partial charge in [-0.3, -0.25) is 4.79 Å². The third-order valence-corrected chi connectivity index (χ3v) is 6.30. The van der Waals surface area contributed by atoms with E-state index in [-0.39, 0.29) is 30.7 Å². The summed E-state index contributed by atoms with van der Waals surface area (Å²) in [5, 5.41) is 5.58. The molecule has 13 heteroatoms. The molecule has 0 bridgehead atoms. The molecule has 5 rings (SSSR count). The Morgan fingerprint density at radius 3 is 2.40 bits per heavy atom. The fourth-order valence-corrected chi connectivity index (χ4v) is 4.52. The van der Waals surface area contributed by atoms with Crippen LogP contribution in [0.25, 0.3) is 5.65 Å². The second-order valence-electron chi connectivity index (χ2n) is 8.59. The van der Waals surface area contributed by atoms with Crippen LogP contribution in [0.2, 0.25) is 0 Å². The molecule has 9 nitrogen and oxygen atoms in total. The Morgan fingerprint density at radius 1 is 1.09 bits per heavy atom. The molecule has 2 aliphatic heterocycles. The molecular weight excluding hydrogens is 487 g/mol. The van der Waals surface area contributed by atoms with Gasteiger partial charge in [0.1, 0.15) is 6.54 Å². The van der Waals surface area contributed by atoms with Gasteiger partial charge < -0.3 is 24.8 Å². The number of amides is 3. The minimum absolute atomic E-state index is 0. The number of benzene rings is 1. The van der Waals surface area contributed by atoms with Gasteiger partial charge >= 0.3 is 12.2 Å². The monoisotopic (exact) mass is 509 g/mol. The fraction of sp³-hybridized carbons (Fsp3) is 0.364. The van der Waals surface area contributed by atoms with Gasteiger partial charge in [-0.15, -0.1) is 12.4 Å². The van der Waals surface area contributed by atoms with Crippen molar-refractivity contribution in [2.45, 2.75) is 24.6 Å². The lowest BCUT2D eigenvalue weighted by molar-refractivity contribution is -0.137. The van der Waals surface area contributed by atoms with E-state index in [1.54, 1.807) is 12.4 Å². The maximum absolute atomic E-state index is 12.7. The van der Waals surface area contributed by atoms with E-state index in [0.717, 1.165) is 23.6 Å². The minimum Gasteiger partial charge on any atom is -0.353 e. The first-order chi connectivity index (χ1) is 16.2. The summed E-state index contributed by atoms with van der Waals surface area (Å²) >= 11 is 0. The highest BCUT2D eigenvalue weighted by Crippen LogP contribution is 2.32. The molecule has 2 N–H and O–H groups in total. The summed E-state index contributed by atoms with van der Waals surface area (Å²) in [4.78, 5) is 37.4. The third-order valence-electron chi connectivity index (χ3n) is 6.30. The Bertz CT molecular complexity index is 1220. The molecule has 0 saturated carbocycles. The second-order valence-corrected chi connectivity index (χ2v) is 8.59. The van der Waals surface area contributed by atoms with Crippen molar-refractivity contribution >= 4 is 41.5 Å². The Labute approximate surface area is 204 Å².